The van der Waals surface area contributed by atoms with Crippen LogP contribution < -0.4 is 5.32 Å². The molecule has 1 amide bonds. The number of nitrogens with zero attached hydrogens (tertiary/aromatic N) is 1. The van der Waals surface area contributed by atoms with Crippen molar-refractivity contribution in [1.29, 1.82) is 0 Å². The quantitative estimate of drug-likeness (QED) is 0.548. The molecule has 0 aliphatic carbocycles. The van der Waals surface area contributed by atoms with E-state index in [0.717, 1.165) is 16.8 Å². The first-order chi connectivity index (χ1) is 12.5. The summed E-state index contributed by atoms with van der Waals surface area (Å²) < 4.78 is 0. The number of anilines is 1. The van der Waals surface area contributed by atoms with Crippen LogP contribution >= 0.6 is 23.1 Å². The van der Waals surface area contributed by atoms with Crippen LogP contribution in [0.3, 0.4) is 0 Å². The molecule has 134 valence electrons. The molecular weight excluding hydrogens is 360 g/mol. The summed E-state index contributed by atoms with van der Waals surface area (Å²) in [5.41, 5.74) is 4.17. The Bertz CT molecular complexity index is 868. The summed E-state index contributed by atoms with van der Waals surface area (Å²) >= 11 is 3.27. The second-order valence-corrected chi connectivity index (χ2v) is 8.95. The van der Waals surface area contributed by atoms with Gasteiger partial charge in [-0.3, -0.25) is 4.79 Å². The Hall–Kier alpha value is -2.11. The number of nitrogens with one attached hydrogen (secondary N) is 1. The molecule has 3 aromatic rings. The molecule has 1 heterocycles. The lowest BCUT2D eigenvalue weighted by Gasteiger charge is -2.06. The van der Waals surface area contributed by atoms with Crippen molar-refractivity contribution in [2.75, 3.05) is 5.32 Å². The third-order valence-corrected chi connectivity index (χ3v) is 5.53. The SMILES string of the molecule is Cc1ccc(-c2csc(NC(=O)Cc3ccc(SC(C)C)cc3)n2)cc1. The highest BCUT2D eigenvalue weighted by atomic mass is 32.2. The maximum Gasteiger partial charge on any atom is 0.230 e. The number of aromatic nitrogens is 1. The fourth-order valence-electron chi connectivity index (χ4n) is 2.49. The van der Waals surface area contributed by atoms with Crippen LogP contribution in [0.2, 0.25) is 0 Å². The van der Waals surface area contributed by atoms with Crippen molar-refractivity contribution in [3.63, 3.8) is 0 Å². The minimum absolute atomic E-state index is 0.0425. The zero-order valence-corrected chi connectivity index (χ0v) is 16.8. The summed E-state index contributed by atoms with van der Waals surface area (Å²) in [5, 5.41) is 6.06. The van der Waals surface area contributed by atoms with Gasteiger partial charge in [-0.1, -0.05) is 55.8 Å². The van der Waals surface area contributed by atoms with Gasteiger partial charge in [0.25, 0.3) is 0 Å². The fraction of sp³-hybridized carbons (Fsp3) is 0.238. The van der Waals surface area contributed by atoms with Gasteiger partial charge in [-0.15, -0.1) is 23.1 Å². The monoisotopic (exact) mass is 382 g/mol. The molecule has 0 bridgehead atoms. The maximum absolute atomic E-state index is 12.3. The summed E-state index contributed by atoms with van der Waals surface area (Å²) in [5.74, 6) is -0.0425. The number of thioether (sulfide) groups is 1. The fourth-order valence-corrected chi connectivity index (χ4v) is 4.07. The van der Waals surface area contributed by atoms with E-state index in [1.165, 1.54) is 21.8 Å². The lowest BCUT2D eigenvalue weighted by atomic mass is 10.1. The molecule has 3 rings (SSSR count). The van der Waals surface area contributed by atoms with Crippen molar-refractivity contribution >= 4 is 34.1 Å². The van der Waals surface area contributed by atoms with Crippen molar-refractivity contribution in [3.8, 4) is 11.3 Å². The molecule has 0 aliphatic heterocycles. The topological polar surface area (TPSA) is 42.0 Å². The molecule has 1 aromatic heterocycles. The van der Waals surface area contributed by atoms with E-state index in [0.29, 0.717) is 16.8 Å². The molecule has 1 N–H and O–H groups in total. The van der Waals surface area contributed by atoms with E-state index >= 15 is 0 Å². The minimum Gasteiger partial charge on any atom is -0.302 e. The van der Waals surface area contributed by atoms with Crippen molar-refractivity contribution < 1.29 is 4.79 Å². The second kappa shape index (κ2) is 8.52. The first kappa shape index (κ1) is 18.7. The number of hydrogen-bond donors (Lipinski definition) is 1. The number of carbonyl (C=O) groups excluding carboxylic acids is 1. The summed E-state index contributed by atoms with van der Waals surface area (Å²) in [7, 11) is 0. The lowest BCUT2D eigenvalue weighted by Crippen LogP contribution is -2.14. The van der Waals surface area contributed by atoms with Crippen LogP contribution in [0.25, 0.3) is 11.3 Å². The van der Waals surface area contributed by atoms with Crippen LogP contribution in [-0.4, -0.2) is 16.1 Å². The highest BCUT2D eigenvalue weighted by molar-refractivity contribution is 7.99. The molecule has 0 saturated heterocycles. The molecule has 0 aliphatic rings. The van der Waals surface area contributed by atoms with E-state index in [4.69, 9.17) is 0 Å². The molecule has 2 aromatic carbocycles. The molecular formula is C21H22N2OS2. The Morgan fingerprint density at radius 2 is 1.81 bits per heavy atom. The predicted octanol–water partition coefficient (Wildman–Crippen LogP) is 5.80. The number of aryl methyl sites for hydroxylation is 1. The van der Waals surface area contributed by atoms with Gasteiger partial charge in [0.1, 0.15) is 0 Å². The van der Waals surface area contributed by atoms with Crippen LogP contribution in [0, 0.1) is 6.92 Å². The average Bonchev–Trinajstić information content (AvgIpc) is 3.05. The van der Waals surface area contributed by atoms with E-state index in [1.807, 2.05) is 41.4 Å². The van der Waals surface area contributed by atoms with Gasteiger partial charge < -0.3 is 5.32 Å². The Balaban J connectivity index is 1.59. The number of rotatable bonds is 6. The van der Waals surface area contributed by atoms with Gasteiger partial charge in [0, 0.05) is 21.1 Å². The van der Waals surface area contributed by atoms with Gasteiger partial charge in [-0.05, 0) is 24.6 Å². The van der Waals surface area contributed by atoms with Crippen LogP contribution in [0.4, 0.5) is 5.13 Å². The second-order valence-electron chi connectivity index (χ2n) is 6.44. The summed E-state index contributed by atoms with van der Waals surface area (Å²) in [6.07, 6.45) is 0.353. The van der Waals surface area contributed by atoms with Crippen molar-refractivity contribution in [2.45, 2.75) is 37.3 Å². The molecule has 0 radical (unpaired) electrons. The molecule has 0 saturated carbocycles. The largest absolute Gasteiger partial charge is 0.302 e. The van der Waals surface area contributed by atoms with E-state index in [9.17, 15) is 4.79 Å². The van der Waals surface area contributed by atoms with Gasteiger partial charge in [-0.2, -0.15) is 0 Å². The van der Waals surface area contributed by atoms with Gasteiger partial charge in [0.05, 0.1) is 12.1 Å². The van der Waals surface area contributed by atoms with Gasteiger partial charge in [-0.25, -0.2) is 4.98 Å². The Labute approximate surface area is 162 Å². The van der Waals surface area contributed by atoms with Gasteiger partial charge in [0.15, 0.2) is 5.13 Å². The van der Waals surface area contributed by atoms with Crippen LogP contribution in [-0.2, 0) is 11.2 Å². The standard InChI is InChI=1S/C21H22N2OS2/c1-14(2)26-18-10-6-16(7-11-18)12-20(24)23-21-22-19(13-25-21)17-8-4-15(3)5-9-17/h4-11,13-14H,12H2,1-3H3,(H,22,23,24). The number of benzene rings is 2. The van der Waals surface area contributed by atoms with Crippen LogP contribution in [0.15, 0.2) is 58.8 Å². The van der Waals surface area contributed by atoms with Crippen molar-refractivity contribution in [2.24, 2.45) is 0 Å². The molecule has 3 nitrogen and oxygen atoms in total. The minimum atomic E-state index is -0.0425. The molecule has 0 spiro atoms. The molecule has 0 fully saturated rings. The van der Waals surface area contributed by atoms with Crippen LogP contribution in [0.1, 0.15) is 25.0 Å². The van der Waals surface area contributed by atoms with Gasteiger partial charge in [0.2, 0.25) is 5.91 Å². The summed E-state index contributed by atoms with van der Waals surface area (Å²) in [6, 6.07) is 16.4. The lowest BCUT2D eigenvalue weighted by molar-refractivity contribution is -0.115. The predicted molar refractivity (Wildman–Crippen MR) is 112 cm³/mol. The normalized spacial score (nSPS) is 10.9. The molecule has 0 unspecified atom stereocenters. The highest BCUT2D eigenvalue weighted by Crippen LogP contribution is 2.26. The zero-order valence-electron chi connectivity index (χ0n) is 15.2. The third-order valence-electron chi connectivity index (χ3n) is 3.76. The van der Waals surface area contributed by atoms with E-state index in [1.54, 1.807) is 0 Å². The number of thiazole rings is 1. The van der Waals surface area contributed by atoms with Crippen molar-refractivity contribution in [1.82, 2.24) is 4.98 Å². The summed E-state index contributed by atoms with van der Waals surface area (Å²) in [6.45, 7) is 6.40. The average molecular weight is 383 g/mol. The first-order valence-electron chi connectivity index (χ1n) is 8.57. The Kier molecular flexibility index (Phi) is 6.12. The number of hydrogen-bond acceptors (Lipinski definition) is 4. The number of carbonyl (C=O) groups is 1. The molecule has 5 heteroatoms. The molecule has 0 atom stereocenters. The smallest absolute Gasteiger partial charge is 0.230 e. The summed E-state index contributed by atoms with van der Waals surface area (Å²) in [4.78, 5) is 18.0. The van der Waals surface area contributed by atoms with Gasteiger partial charge >= 0.3 is 0 Å². The Morgan fingerprint density at radius 1 is 1.12 bits per heavy atom. The Morgan fingerprint density at radius 3 is 2.46 bits per heavy atom. The van der Waals surface area contributed by atoms with E-state index in [-0.39, 0.29) is 5.91 Å². The third kappa shape index (κ3) is 5.19. The number of amides is 1. The van der Waals surface area contributed by atoms with Crippen molar-refractivity contribution in [3.05, 3.63) is 65.0 Å². The highest BCUT2D eigenvalue weighted by Gasteiger charge is 2.09. The van der Waals surface area contributed by atoms with E-state index in [2.05, 4.69) is 55.3 Å². The van der Waals surface area contributed by atoms with E-state index < -0.39 is 0 Å². The molecule has 26 heavy (non-hydrogen) atoms. The maximum atomic E-state index is 12.3. The van der Waals surface area contributed by atoms with Crippen LogP contribution in [0.5, 0.6) is 0 Å². The first-order valence-corrected chi connectivity index (χ1v) is 10.3. The zero-order chi connectivity index (χ0) is 18.5.